The van der Waals surface area contributed by atoms with E-state index in [4.69, 9.17) is 4.98 Å². The fourth-order valence-corrected chi connectivity index (χ4v) is 4.85. The molecule has 10 heteroatoms. The molecule has 5 aromatic rings. The van der Waals surface area contributed by atoms with E-state index in [1.54, 1.807) is 24.7 Å². The zero-order chi connectivity index (χ0) is 25.5. The van der Waals surface area contributed by atoms with E-state index < -0.39 is 12.0 Å². The number of pyridine rings is 2. The quantitative estimate of drug-likeness (QED) is 0.240. The lowest BCUT2D eigenvalue weighted by Gasteiger charge is -2.28. The van der Waals surface area contributed by atoms with Crippen molar-refractivity contribution < 1.29 is 9.50 Å². The monoisotopic (exact) mass is 500 g/mol. The Bertz CT molecular complexity index is 1570. The van der Waals surface area contributed by atoms with Gasteiger partial charge in [-0.2, -0.15) is 5.10 Å². The molecule has 1 saturated heterocycles. The molecule has 190 valence electrons. The van der Waals surface area contributed by atoms with E-state index in [9.17, 15) is 5.11 Å². The zero-order valence-electron chi connectivity index (χ0n) is 20.8. The van der Waals surface area contributed by atoms with Gasteiger partial charge in [-0.1, -0.05) is 19.9 Å². The van der Waals surface area contributed by atoms with Crippen LogP contribution in [0, 0.1) is 11.7 Å². The van der Waals surface area contributed by atoms with Crippen molar-refractivity contribution in [2.45, 2.75) is 39.3 Å². The summed E-state index contributed by atoms with van der Waals surface area (Å²) in [4.78, 5) is 19.1. The Hall–Kier alpha value is -4.05. The largest absolute Gasteiger partial charge is 0.374 e. The van der Waals surface area contributed by atoms with E-state index in [0.29, 0.717) is 33.7 Å². The summed E-state index contributed by atoms with van der Waals surface area (Å²) in [6.07, 6.45) is 7.54. The topological polar surface area (TPSA) is 119 Å². The fraction of sp³-hybridized carbons (Fsp3) is 0.333. The van der Waals surface area contributed by atoms with E-state index >= 15 is 4.39 Å². The summed E-state index contributed by atoms with van der Waals surface area (Å²) in [6.45, 7) is 5.81. The van der Waals surface area contributed by atoms with E-state index in [1.165, 1.54) is 19.3 Å². The molecule has 6 rings (SSSR count). The molecule has 1 atom stereocenters. The molecule has 0 spiro atoms. The predicted molar refractivity (Wildman–Crippen MR) is 143 cm³/mol. The Morgan fingerprint density at radius 3 is 2.70 bits per heavy atom. The van der Waals surface area contributed by atoms with E-state index in [-0.39, 0.29) is 11.6 Å². The van der Waals surface area contributed by atoms with Crippen molar-refractivity contribution in [3.8, 4) is 22.8 Å². The predicted octanol–water partition coefficient (Wildman–Crippen LogP) is 5.08. The number of benzene rings is 1. The van der Waals surface area contributed by atoms with Gasteiger partial charge < -0.3 is 20.3 Å². The van der Waals surface area contributed by atoms with Crippen molar-refractivity contribution in [2.24, 2.45) is 5.92 Å². The van der Waals surface area contributed by atoms with Crippen LogP contribution in [-0.2, 0) is 0 Å². The number of piperidine rings is 1. The van der Waals surface area contributed by atoms with Gasteiger partial charge in [-0.25, -0.2) is 9.37 Å². The third kappa shape index (κ3) is 4.27. The molecular formula is C27H29FN8O. The van der Waals surface area contributed by atoms with Crippen LogP contribution in [0.15, 0.2) is 42.9 Å². The molecule has 0 bridgehead atoms. The molecule has 1 unspecified atom stereocenters. The van der Waals surface area contributed by atoms with Gasteiger partial charge in [0.25, 0.3) is 0 Å². The highest BCUT2D eigenvalue weighted by molar-refractivity contribution is 5.97. The summed E-state index contributed by atoms with van der Waals surface area (Å²) in [5, 5.41) is 20.8. The summed E-state index contributed by atoms with van der Waals surface area (Å²) < 4.78 is 16.0. The lowest BCUT2D eigenvalue weighted by atomic mass is 10.1. The molecule has 37 heavy (non-hydrogen) atoms. The number of H-pyrrole nitrogens is 2. The van der Waals surface area contributed by atoms with Crippen LogP contribution in [0.1, 0.15) is 33.1 Å². The van der Waals surface area contributed by atoms with Gasteiger partial charge in [0, 0.05) is 24.8 Å². The van der Waals surface area contributed by atoms with Crippen LogP contribution in [0.25, 0.3) is 44.7 Å². The molecule has 1 aromatic carbocycles. The first-order chi connectivity index (χ1) is 18.0. The van der Waals surface area contributed by atoms with Gasteiger partial charge in [0.05, 0.1) is 40.2 Å². The van der Waals surface area contributed by atoms with Crippen molar-refractivity contribution in [3.05, 3.63) is 48.7 Å². The van der Waals surface area contributed by atoms with Crippen LogP contribution in [0.4, 0.5) is 15.8 Å². The highest BCUT2D eigenvalue weighted by atomic mass is 19.1. The number of aromatic amines is 2. The highest BCUT2D eigenvalue weighted by Crippen LogP contribution is 2.35. The Morgan fingerprint density at radius 2 is 1.89 bits per heavy atom. The van der Waals surface area contributed by atoms with Gasteiger partial charge in [-0.05, 0) is 43.4 Å². The maximum absolute atomic E-state index is 16.0. The van der Waals surface area contributed by atoms with Gasteiger partial charge in [-0.15, -0.1) is 0 Å². The molecule has 4 N–H and O–H groups in total. The molecule has 1 aliphatic heterocycles. The van der Waals surface area contributed by atoms with Crippen molar-refractivity contribution in [3.63, 3.8) is 0 Å². The third-order valence-electron chi connectivity index (χ3n) is 6.91. The Labute approximate surface area is 213 Å². The number of para-hydroxylation sites is 1. The minimum absolute atomic E-state index is 0.00240. The number of hydrogen-bond acceptors (Lipinski definition) is 7. The Morgan fingerprint density at radius 1 is 1.05 bits per heavy atom. The van der Waals surface area contributed by atoms with Crippen molar-refractivity contribution in [1.82, 2.24) is 30.1 Å². The van der Waals surface area contributed by atoms with Crippen molar-refractivity contribution >= 4 is 33.3 Å². The highest BCUT2D eigenvalue weighted by Gasteiger charge is 2.22. The van der Waals surface area contributed by atoms with Gasteiger partial charge >= 0.3 is 0 Å². The maximum Gasteiger partial charge on any atom is 0.161 e. The second kappa shape index (κ2) is 9.44. The van der Waals surface area contributed by atoms with Crippen LogP contribution >= 0.6 is 0 Å². The molecule has 0 aliphatic carbocycles. The fourth-order valence-electron chi connectivity index (χ4n) is 4.85. The van der Waals surface area contributed by atoms with Crippen LogP contribution in [0.2, 0.25) is 0 Å². The molecule has 4 aromatic heterocycles. The SMILES string of the molecule is CC(C)C(O)Nc1cncc(-c2ncc3[nH]nc(-c4nc5c(N6CCCCC6)cccc5[nH]4)c3c2F)c1. The number of halogens is 1. The first kappa shape index (κ1) is 23.4. The van der Waals surface area contributed by atoms with E-state index in [2.05, 4.69) is 41.4 Å². The standard InChI is InChI=1S/C27H29FN8O/c1-15(2)27(37)31-17-11-16(12-29-13-17)23-22(28)21-19(14-30-23)34-35-25(21)26-32-18-7-6-8-20(24(18)33-26)36-9-4-3-5-10-36/h6-8,11-15,27,31,37H,3-5,9-10H2,1-2H3,(H,32,33)(H,34,35). The van der Waals surface area contributed by atoms with Crippen molar-refractivity contribution in [2.75, 3.05) is 23.3 Å². The zero-order valence-corrected chi connectivity index (χ0v) is 20.8. The molecule has 0 saturated carbocycles. The second-order valence-electron chi connectivity index (χ2n) is 9.88. The molecule has 0 amide bonds. The summed E-state index contributed by atoms with van der Waals surface area (Å²) in [6, 6.07) is 7.81. The molecule has 9 nitrogen and oxygen atoms in total. The summed E-state index contributed by atoms with van der Waals surface area (Å²) in [5.74, 6) is -0.0146. The summed E-state index contributed by atoms with van der Waals surface area (Å²) in [7, 11) is 0. The van der Waals surface area contributed by atoms with E-state index in [1.807, 2.05) is 26.0 Å². The van der Waals surface area contributed by atoms with Crippen LogP contribution in [0.3, 0.4) is 0 Å². The number of fused-ring (bicyclic) bond motifs is 2. The first-order valence-electron chi connectivity index (χ1n) is 12.7. The molecule has 1 fully saturated rings. The third-order valence-corrected chi connectivity index (χ3v) is 6.91. The summed E-state index contributed by atoms with van der Waals surface area (Å²) in [5.41, 5.74) is 4.92. The van der Waals surface area contributed by atoms with Crippen LogP contribution < -0.4 is 10.2 Å². The number of nitrogens with zero attached hydrogens (tertiary/aromatic N) is 5. The molecule has 5 heterocycles. The molecule has 1 aliphatic rings. The van der Waals surface area contributed by atoms with E-state index in [0.717, 1.165) is 29.8 Å². The minimum Gasteiger partial charge on any atom is -0.374 e. The number of hydrogen-bond donors (Lipinski definition) is 4. The number of aliphatic hydroxyl groups excluding tert-OH is 1. The van der Waals surface area contributed by atoms with Gasteiger partial charge in [0.2, 0.25) is 0 Å². The Kier molecular flexibility index (Phi) is 5.96. The van der Waals surface area contributed by atoms with Crippen molar-refractivity contribution in [1.29, 1.82) is 0 Å². The van der Waals surface area contributed by atoms with Gasteiger partial charge in [-0.3, -0.25) is 15.1 Å². The Balaban J connectivity index is 1.41. The summed E-state index contributed by atoms with van der Waals surface area (Å²) >= 11 is 0. The maximum atomic E-state index is 16.0. The number of imidazole rings is 1. The molecule has 0 radical (unpaired) electrons. The lowest BCUT2D eigenvalue weighted by Crippen LogP contribution is -2.29. The van der Waals surface area contributed by atoms with Crippen LogP contribution in [0.5, 0.6) is 0 Å². The number of nitrogens with one attached hydrogen (secondary N) is 3. The number of aromatic nitrogens is 6. The average molecular weight is 501 g/mol. The van der Waals surface area contributed by atoms with Crippen LogP contribution in [-0.4, -0.2) is 54.6 Å². The lowest BCUT2D eigenvalue weighted by molar-refractivity contribution is 0.153. The smallest absolute Gasteiger partial charge is 0.161 e. The second-order valence-corrected chi connectivity index (χ2v) is 9.88. The van der Waals surface area contributed by atoms with Gasteiger partial charge in [0.15, 0.2) is 11.6 Å². The number of anilines is 2. The molecular weight excluding hydrogens is 471 g/mol. The van der Waals surface area contributed by atoms with Gasteiger partial charge in [0.1, 0.15) is 23.1 Å². The first-order valence-corrected chi connectivity index (χ1v) is 12.7. The number of aliphatic hydroxyl groups is 1. The number of rotatable bonds is 6. The minimum atomic E-state index is -0.749. The average Bonchev–Trinajstić information content (AvgIpc) is 3.54. The normalized spacial score (nSPS) is 15.1.